The molecule has 112 valence electrons. The third-order valence-electron chi connectivity index (χ3n) is 3.27. The SMILES string of the molecule is O=S(=O)(N[C@@H]1CCCC[C@H]1O)c1c(Cl)cc(Cl)cc1Cl. The second-order valence-electron chi connectivity index (χ2n) is 4.78. The van der Waals surface area contributed by atoms with Crippen molar-refractivity contribution >= 4 is 44.8 Å². The van der Waals surface area contributed by atoms with Gasteiger partial charge in [0, 0.05) is 11.1 Å². The molecule has 0 bridgehead atoms. The Morgan fingerprint density at radius 2 is 1.65 bits per heavy atom. The van der Waals surface area contributed by atoms with Crippen LogP contribution >= 0.6 is 34.8 Å². The highest BCUT2D eigenvalue weighted by Crippen LogP contribution is 2.33. The molecule has 1 fully saturated rings. The Morgan fingerprint density at radius 1 is 1.10 bits per heavy atom. The molecule has 0 spiro atoms. The lowest BCUT2D eigenvalue weighted by Crippen LogP contribution is -2.45. The lowest BCUT2D eigenvalue weighted by atomic mass is 9.93. The Kier molecular flexibility index (Phi) is 5.21. The monoisotopic (exact) mass is 357 g/mol. The van der Waals surface area contributed by atoms with Crippen molar-refractivity contribution in [2.45, 2.75) is 42.7 Å². The van der Waals surface area contributed by atoms with Crippen molar-refractivity contribution in [1.29, 1.82) is 0 Å². The highest BCUT2D eigenvalue weighted by molar-refractivity contribution is 7.89. The molecule has 4 nitrogen and oxygen atoms in total. The van der Waals surface area contributed by atoms with Gasteiger partial charge in [-0.1, -0.05) is 47.6 Å². The van der Waals surface area contributed by atoms with E-state index in [0.717, 1.165) is 12.8 Å². The highest BCUT2D eigenvalue weighted by Gasteiger charge is 2.30. The van der Waals surface area contributed by atoms with E-state index < -0.39 is 22.2 Å². The van der Waals surface area contributed by atoms with Crippen molar-refractivity contribution in [2.24, 2.45) is 0 Å². The fourth-order valence-corrected chi connectivity index (χ4v) is 5.14. The van der Waals surface area contributed by atoms with Crippen molar-refractivity contribution in [3.8, 4) is 0 Å². The van der Waals surface area contributed by atoms with Crippen LogP contribution in [0.4, 0.5) is 0 Å². The molecule has 2 atom stereocenters. The lowest BCUT2D eigenvalue weighted by molar-refractivity contribution is 0.101. The third kappa shape index (κ3) is 3.59. The van der Waals surface area contributed by atoms with Gasteiger partial charge in [0.05, 0.1) is 16.1 Å². The number of hydrogen-bond acceptors (Lipinski definition) is 3. The van der Waals surface area contributed by atoms with E-state index in [1.54, 1.807) is 0 Å². The average Bonchev–Trinajstić information content (AvgIpc) is 2.30. The number of rotatable bonds is 3. The van der Waals surface area contributed by atoms with Crippen molar-refractivity contribution in [3.05, 3.63) is 27.2 Å². The zero-order valence-corrected chi connectivity index (χ0v) is 13.5. The summed E-state index contributed by atoms with van der Waals surface area (Å²) in [5.74, 6) is 0. The van der Waals surface area contributed by atoms with Crippen LogP contribution < -0.4 is 4.72 Å². The predicted octanol–water partition coefficient (Wildman–Crippen LogP) is 3.23. The summed E-state index contributed by atoms with van der Waals surface area (Å²) < 4.78 is 27.2. The maximum absolute atomic E-state index is 12.4. The van der Waals surface area contributed by atoms with Crippen LogP contribution in [-0.2, 0) is 10.0 Å². The Labute approximate surface area is 133 Å². The maximum atomic E-state index is 12.4. The number of benzene rings is 1. The molecule has 0 aliphatic heterocycles. The molecule has 8 heteroatoms. The number of nitrogens with one attached hydrogen (secondary N) is 1. The summed E-state index contributed by atoms with van der Waals surface area (Å²) in [4.78, 5) is -0.206. The molecule has 0 aromatic heterocycles. The van der Waals surface area contributed by atoms with Crippen LogP contribution in [-0.4, -0.2) is 25.7 Å². The first-order chi connectivity index (χ1) is 9.31. The molecule has 1 aliphatic carbocycles. The van der Waals surface area contributed by atoms with Gasteiger partial charge >= 0.3 is 0 Å². The molecule has 1 aromatic carbocycles. The Bertz CT molecular complexity index is 583. The Morgan fingerprint density at radius 3 is 2.20 bits per heavy atom. The predicted molar refractivity (Wildman–Crippen MR) is 80.1 cm³/mol. The second-order valence-corrected chi connectivity index (χ2v) is 7.68. The van der Waals surface area contributed by atoms with E-state index in [1.807, 2.05) is 0 Å². The number of hydrogen-bond donors (Lipinski definition) is 2. The van der Waals surface area contributed by atoms with Gasteiger partial charge in [0.1, 0.15) is 4.90 Å². The number of sulfonamides is 1. The van der Waals surface area contributed by atoms with Crippen molar-refractivity contribution < 1.29 is 13.5 Å². The van der Waals surface area contributed by atoms with E-state index in [9.17, 15) is 13.5 Å². The highest BCUT2D eigenvalue weighted by atomic mass is 35.5. The Hall–Kier alpha value is -0.0400. The molecule has 0 saturated heterocycles. The molecule has 0 unspecified atom stereocenters. The minimum atomic E-state index is -3.90. The standard InChI is InChI=1S/C12H14Cl3NO3S/c13-7-5-8(14)12(9(15)6-7)20(18,19)16-10-3-1-2-4-11(10)17/h5-6,10-11,16-17H,1-4H2/t10-,11-/m1/s1. The third-order valence-corrected chi connectivity index (χ3v) is 5.90. The first-order valence-corrected chi connectivity index (χ1v) is 8.78. The van der Waals surface area contributed by atoms with E-state index in [-0.39, 0.29) is 20.0 Å². The zero-order chi connectivity index (χ0) is 14.9. The zero-order valence-electron chi connectivity index (χ0n) is 10.4. The summed E-state index contributed by atoms with van der Waals surface area (Å²) in [6.45, 7) is 0. The molecule has 0 amide bonds. The van der Waals surface area contributed by atoms with Crippen LogP contribution in [0.2, 0.25) is 15.1 Å². The van der Waals surface area contributed by atoms with E-state index in [0.29, 0.717) is 12.8 Å². The minimum Gasteiger partial charge on any atom is -0.391 e. The van der Waals surface area contributed by atoms with E-state index in [2.05, 4.69) is 4.72 Å². The topological polar surface area (TPSA) is 66.4 Å². The van der Waals surface area contributed by atoms with Crippen molar-refractivity contribution in [3.63, 3.8) is 0 Å². The molecular weight excluding hydrogens is 345 g/mol. The molecule has 20 heavy (non-hydrogen) atoms. The first kappa shape index (κ1) is 16.3. The normalized spacial score (nSPS) is 23.8. The smallest absolute Gasteiger partial charge is 0.243 e. The maximum Gasteiger partial charge on any atom is 0.243 e. The second kappa shape index (κ2) is 6.38. The van der Waals surface area contributed by atoms with Crippen LogP contribution in [0.25, 0.3) is 0 Å². The quantitative estimate of drug-likeness (QED) is 0.872. The van der Waals surface area contributed by atoms with Gasteiger partial charge in [-0.25, -0.2) is 13.1 Å². The molecule has 2 N–H and O–H groups in total. The molecule has 2 rings (SSSR count). The molecule has 0 radical (unpaired) electrons. The van der Waals surface area contributed by atoms with Crippen LogP contribution in [0.3, 0.4) is 0 Å². The molecule has 1 aromatic rings. The van der Waals surface area contributed by atoms with E-state index in [4.69, 9.17) is 34.8 Å². The fraction of sp³-hybridized carbons (Fsp3) is 0.500. The molecule has 1 saturated carbocycles. The minimum absolute atomic E-state index is 0.0414. The van der Waals surface area contributed by atoms with Crippen molar-refractivity contribution in [1.82, 2.24) is 4.72 Å². The van der Waals surface area contributed by atoms with Gasteiger partial charge in [-0.3, -0.25) is 0 Å². The summed E-state index contributed by atoms with van der Waals surface area (Å²) in [7, 11) is -3.90. The fourth-order valence-electron chi connectivity index (χ4n) is 2.29. The van der Waals surface area contributed by atoms with Gasteiger partial charge in [0.2, 0.25) is 10.0 Å². The molecule has 1 aliphatic rings. The number of aliphatic hydroxyl groups is 1. The largest absolute Gasteiger partial charge is 0.391 e. The van der Waals surface area contributed by atoms with Crippen LogP contribution in [0.1, 0.15) is 25.7 Å². The van der Waals surface area contributed by atoms with Crippen LogP contribution in [0, 0.1) is 0 Å². The van der Waals surface area contributed by atoms with Gasteiger partial charge in [0.25, 0.3) is 0 Å². The lowest BCUT2D eigenvalue weighted by Gasteiger charge is -2.28. The van der Waals surface area contributed by atoms with E-state index >= 15 is 0 Å². The van der Waals surface area contributed by atoms with Crippen molar-refractivity contribution in [2.75, 3.05) is 0 Å². The van der Waals surface area contributed by atoms with Gasteiger partial charge < -0.3 is 5.11 Å². The summed E-state index contributed by atoms with van der Waals surface area (Å²) in [6, 6.07) is 2.12. The summed E-state index contributed by atoms with van der Waals surface area (Å²) in [6.07, 6.45) is 2.23. The van der Waals surface area contributed by atoms with Crippen LogP contribution in [0.15, 0.2) is 17.0 Å². The summed E-state index contributed by atoms with van der Waals surface area (Å²) in [5, 5.41) is 10.0. The Balaban J connectivity index is 2.31. The van der Waals surface area contributed by atoms with E-state index in [1.165, 1.54) is 12.1 Å². The summed E-state index contributed by atoms with van der Waals surface area (Å²) >= 11 is 17.6. The van der Waals surface area contributed by atoms with Crippen LogP contribution in [0.5, 0.6) is 0 Å². The first-order valence-electron chi connectivity index (χ1n) is 6.16. The summed E-state index contributed by atoms with van der Waals surface area (Å²) in [5.41, 5.74) is 0. The number of aliphatic hydroxyl groups excluding tert-OH is 1. The van der Waals surface area contributed by atoms with Gasteiger partial charge in [-0.15, -0.1) is 0 Å². The molecule has 0 heterocycles. The van der Waals surface area contributed by atoms with Gasteiger partial charge in [0.15, 0.2) is 0 Å². The van der Waals surface area contributed by atoms with Gasteiger partial charge in [-0.2, -0.15) is 0 Å². The number of halogens is 3. The molecular formula is C12H14Cl3NO3S. The average molecular weight is 359 g/mol. The van der Waals surface area contributed by atoms with Gasteiger partial charge in [-0.05, 0) is 25.0 Å².